The zero-order valence-corrected chi connectivity index (χ0v) is 11.4. The second-order valence-corrected chi connectivity index (χ2v) is 5.57. The Morgan fingerprint density at radius 1 is 1.28 bits per heavy atom. The number of aryl methyl sites for hydroxylation is 1. The van der Waals surface area contributed by atoms with Crippen LogP contribution in [0, 0.1) is 6.92 Å². The molecule has 2 aromatic heterocycles. The Labute approximate surface area is 108 Å². The molecule has 1 N–H and O–H groups in total. The summed E-state index contributed by atoms with van der Waals surface area (Å²) in [5, 5.41) is 7.83. The van der Waals surface area contributed by atoms with Crippen molar-refractivity contribution in [2.24, 2.45) is 0 Å². The summed E-state index contributed by atoms with van der Waals surface area (Å²) in [6.07, 6.45) is 7.58. The van der Waals surface area contributed by atoms with Crippen molar-refractivity contribution < 1.29 is 0 Å². The minimum Gasteiger partial charge on any atom is -0.308 e. The van der Waals surface area contributed by atoms with Crippen LogP contribution in [-0.4, -0.2) is 20.3 Å². The molecule has 0 aromatic carbocycles. The van der Waals surface area contributed by atoms with Gasteiger partial charge < -0.3 is 5.32 Å². The first-order valence-corrected chi connectivity index (χ1v) is 6.15. The molecule has 0 radical (unpaired) electrons. The molecule has 0 saturated heterocycles. The molecule has 0 spiro atoms. The molecule has 2 aromatic rings. The molecule has 0 saturated carbocycles. The van der Waals surface area contributed by atoms with Crippen LogP contribution in [0.5, 0.6) is 0 Å². The van der Waals surface area contributed by atoms with Crippen LogP contribution in [0.3, 0.4) is 0 Å². The summed E-state index contributed by atoms with van der Waals surface area (Å²) in [5.74, 6) is 0. The fourth-order valence-corrected chi connectivity index (χ4v) is 1.68. The quantitative estimate of drug-likeness (QED) is 0.902. The topological polar surface area (TPSA) is 42.7 Å². The van der Waals surface area contributed by atoms with Gasteiger partial charge in [0.15, 0.2) is 0 Å². The highest BCUT2D eigenvalue weighted by molar-refractivity contribution is 5.38. The molecule has 0 aliphatic carbocycles. The first-order valence-electron chi connectivity index (χ1n) is 6.15. The van der Waals surface area contributed by atoms with Crippen LogP contribution in [0.2, 0.25) is 0 Å². The first kappa shape index (κ1) is 12.8. The van der Waals surface area contributed by atoms with E-state index in [0.717, 1.165) is 23.4 Å². The predicted octanol–water partition coefficient (Wildman–Crippen LogP) is 2.46. The number of nitrogens with zero attached hydrogens (tertiary/aromatic N) is 3. The van der Waals surface area contributed by atoms with Crippen LogP contribution < -0.4 is 5.32 Å². The third-order valence-corrected chi connectivity index (χ3v) is 2.65. The van der Waals surface area contributed by atoms with Crippen LogP contribution in [0.25, 0.3) is 5.69 Å². The molecule has 4 heteroatoms. The Morgan fingerprint density at radius 2 is 2.06 bits per heavy atom. The van der Waals surface area contributed by atoms with Gasteiger partial charge >= 0.3 is 0 Å². The van der Waals surface area contributed by atoms with Gasteiger partial charge in [-0.2, -0.15) is 5.10 Å². The molecule has 0 atom stereocenters. The van der Waals surface area contributed by atoms with E-state index in [4.69, 9.17) is 0 Å². The smallest absolute Gasteiger partial charge is 0.0721 e. The summed E-state index contributed by atoms with van der Waals surface area (Å²) in [4.78, 5) is 4.20. The van der Waals surface area contributed by atoms with Crippen molar-refractivity contribution in [1.29, 1.82) is 0 Å². The molecule has 0 fully saturated rings. The van der Waals surface area contributed by atoms with Crippen LogP contribution in [-0.2, 0) is 6.54 Å². The number of rotatable bonds is 3. The second kappa shape index (κ2) is 4.90. The summed E-state index contributed by atoms with van der Waals surface area (Å²) < 4.78 is 1.90. The third kappa shape index (κ3) is 3.17. The number of pyridine rings is 1. The van der Waals surface area contributed by atoms with Gasteiger partial charge in [0.1, 0.15) is 0 Å². The van der Waals surface area contributed by atoms with Gasteiger partial charge in [-0.15, -0.1) is 0 Å². The second-order valence-electron chi connectivity index (χ2n) is 5.57. The van der Waals surface area contributed by atoms with Crippen molar-refractivity contribution >= 4 is 0 Å². The summed E-state index contributed by atoms with van der Waals surface area (Å²) in [7, 11) is 0. The molecule has 18 heavy (non-hydrogen) atoms. The van der Waals surface area contributed by atoms with Gasteiger partial charge in [0, 0.05) is 36.2 Å². The molecule has 0 aliphatic heterocycles. The van der Waals surface area contributed by atoms with E-state index in [9.17, 15) is 0 Å². The summed E-state index contributed by atoms with van der Waals surface area (Å²) in [6, 6.07) is 1.99. The predicted molar refractivity (Wildman–Crippen MR) is 72.7 cm³/mol. The van der Waals surface area contributed by atoms with E-state index >= 15 is 0 Å². The molecule has 2 rings (SSSR count). The van der Waals surface area contributed by atoms with E-state index in [-0.39, 0.29) is 5.54 Å². The van der Waals surface area contributed by atoms with Gasteiger partial charge in [0.2, 0.25) is 0 Å². The lowest BCUT2D eigenvalue weighted by molar-refractivity contribution is 0.423. The van der Waals surface area contributed by atoms with Crippen molar-refractivity contribution in [1.82, 2.24) is 20.1 Å². The molecule has 4 nitrogen and oxygen atoms in total. The Bertz CT molecular complexity index is 523. The fourth-order valence-electron chi connectivity index (χ4n) is 1.68. The van der Waals surface area contributed by atoms with E-state index in [1.54, 1.807) is 6.20 Å². The zero-order valence-electron chi connectivity index (χ0n) is 11.4. The number of nitrogens with one attached hydrogen (secondary N) is 1. The fraction of sp³-hybridized carbons (Fsp3) is 0.429. The van der Waals surface area contributed by atoms with E-state index in [1.165, 1.54) is 0 Å². The van der Waals surface area contributed by atoms with E-state index in [1.807, 2.05) is 36.3 Å². The molecular formula is C14H20N4. The summed E-state index contributed by atoms with van der Waals surface area (Å²) in [5.41, 5.74) is 3.47. The maximum atomic E-state index is 4.35. The molecular weight excluding hydrogens is 224 g/mol. The Hall–Kier alpha value is -1.68. The van der Waals surface area contributed by atoms with Crippen molar-refractivity contribution in [2.45, 2.75) is 39.8 Å². The van der Waals surface area contributed by atoms with Crippen LogP contribution in [0.1, 0.15) is 31.9 Å². The van der Waals surface area contributed by atoms with Crippen molar-refractivity contribution in [3.05, 3.63) is 42.0 Å². The van der Waals surface area contributed by atoms with Gasteiger partial charge in [-0.05, 0) is 39.3 Å². The van der Waals surface area contributed by atoms with E-state index in [2.05, 4.69) is 36.2 Å². The standard InChI is InChI=1S/C14H20N4/c1-11-7-17-18(10-11)13-5-6-15-8-12(13)9-16-14(2,3)4/h5-8,10,16H,9H2,1-4H3. The van der Waals surface area contributed by atoms with Crippen LogP contribution in [0.15, 0.2) is 30.9 Å². The first-order chi connectivity index (χ1) is 8.46. The maximum absolute atomic E-state index is 4.35. The average Bonchev–Trinajstić information content (AvgIpc) is 2.72. The molecule has 0 unspecified atom stereocenters. The minimum atomic E-state index is 0.0904. The Balaban J connectivity index is 2.26. The van der Waals surface area contributed by atoms with Crippen molar-refractivity contribution in [3.8, 4) is 5.69 Å². The average molecular weight is 244 g/mol. The largest absolute Gasteiger partial charge is 0.308 e. The van der Waals surface area contributed by atoms with E-state index in [0.29, 0.717) is 0 Å². The summed E-state index contributed by atoms with van der Waals surface area (Å²) >= 11 is 0. The van der Waals surface area contributed by atoms with Gasteiger partial charge in [0.05, 0.1) is 11.9 Å². The zero-order chi connectivity index (χ0) is 13.2. The lowest BCUT2D eigenvalue weighted by Crippen LogP contribution is -2.35. The molecule has 96 valence electrons. The minimum absolute atomic E-state index is 0.0904. The third-order valence-electron chi connectivity index (χ3n) is 2.65. The van der Waals surface area contributed by atoms with Gasteiger partial charge in [-0.3, -0.25) is 4.98 Å². The Morgan fingerprint density at radius 3 is 2.67 bits per heavy atom. The molecule has 0 bridgehead atoms. The monoisotopic (exact) mass is 244 g/mol. The van der Waals surface area contributed by atoms with Crippen molar-refractivity contribution in [3.63, 3.8) is 0 Å². The molecule has 0 aliphatic rings. The highest BCUT2D eigenvalue weighted by Gasteiger charge is 2.11. The van der Waals surface area contributed by atoms with Gasteiger partial charge in [0.25, 0.3) is 0 Å². The number of aromatic nitrogens is 3. The SMILES string of the molecule is Cc1cnn(-c2ccncc2CNC(C)(C)C)c1. The highest BCUT2D eigenvalue weighted by Crippen LogP contribution is 2.14. The Kier molecular flexibility index (Phi) is 3.48. The van der Waals surface area contributed by atoms with Crippen LogP contribution >= 0.6 is 0 Å². The highest BCUT2D eigenvalue weighted by atomic mass is 15.3. The van der Waals surface area contributed by atoms with Gasteiger partial charge in [-0.1, -0.05) is 0 Å². The number of hydrogen-bond donors (Lipinski definition) is 1. The molecule has 0 amide bonds. The normalized spacial score (nSPS) is 11.8. The van der Waals surface area contributed by atoms with Crippen LogP contribution in [0.4, 0.5) is 0 Å². The van der Waals surface area contributed by atoms with Gasteiger partial charge in [-0.25, -0.2) is 4.68 Å². The lowest BCUT2D eigenvalue weighted by Gasteiger charge is -2.21. The molecule has 2 heterocycles. The lowest BCUT2D eigenvalue weighted by atomic mass is 10.1. The van der Waals surface area contributed by atoms with Crippen molar-refractivity contribution in [2.75, 3.05) is 0 Å². The summed E-state index contributed by atoms with van der Waals surface area (Å²) in [6.45, 7) is 9.28. The number of hydrogen-bond acceptors (Lipinski definition) is 3. The maximum Gasteiger partial charge on any atom is 0.0721 e. The van der Waals surface area contributed by atoms with E-state index < -0.39 is 0 Å².